The van der Waals surface area contributed by atoms with Crippen LogP contribution in [0.3, 0.4) is 0 Å². The van der Waals surface area contributed by atoms with Crippen molar-refractivity contribution in [2.45, 2.75) is 18.9 Å². The highest BCUT2D eigenvalue weighted by Gasteiger charge is 2.25. The van der Waals surface area contributed by atoms with E-state index in [1.165, 1.54) is 12.8 Å². The number of nitrogens with one attached hydrogen (secondary N) is 1. The summed E-state index contributed by atoms with van der Waals surface area (Å²) in [5, 5.41) is 3.44. The van der Waals surface area contributed by atoms with E-state index in [0.717, 1.165) is 38.1 Å². The van der Waals surface area contributed by atoms with E-state index in [1.54, 1.807) is 7.11 Å². The molecule has 1 aliphatic carbocycles. The SMILES string of the molecule is CN=C(NCC1CC1)N1CCOC(COC)C1. The molecule has 1 unspecified atom stereocenters. The molecular formula is C12H23N3O2. The van der Waals surface area contributed by atoms with Gasteiger partial charge < -0.3 is 19.7 Å². The Morgan fingerprint density at radius 3 is 3.00 bits per heavy atom. The fraction of sp³-hybridized carbons (Fsp3) is 0.917. The Labute approximate surface area is 103 Å². The summed E-state index contributed by atoms with van der Waals surface area (Å²) in [7, 11) is 3.55. The Hall–Kier alpha value is -0.810. The molecule has 2 rings (SSSR count). The van der Waals surface area contributed by atoms with Gasteiger partial charge in [0.15, 0.2) is 5.96 Å². The Morgan fingerprint density at radius 1 is 1.53 bits per heavy atom. The molecule has 0 spiro atoms. The lowest BCUT2D eigenvalue weighted by Gasteiger charge is -2.34. The Kier molecular flexibility index (Phi) is 4.62. The van der Waals surface area contributed by atoms with Gasteiger partial charge in [0.1, 0.15) is 0 Å². The number of rotatable bonds is 4. The van der Waals surface area contributed by atoms with Crippen LogP contribution in [0.15, 0.2) is 4.99 Å². The molecule has 0 aromatic rings. The summed E-state index contributed by atoms with van der Waals surface area (Å²) < 4.78 is 10.8. The van der Waals surface area contributed by atoms with Gasteiger partial charge in [-0.3, -0.25) is 4.99 Å². The Bertz CT molecular complexity index is 264. The van der Waals surface area contributed by atoms with Crippen LogP contribution in [-0.2, 0) is 9.47 Å². The minimum atomic E-state index is 0.160. The maximum absolute atomic E-state index is 5.63. The lowest BCUT2D eigenvalue weighted by atomic mass is 10.3. The zero-order valence-electron chi connectivity index (χ0n) is 10.8. The molecule has 1 N–H and O–H groups in total. The lowest BCUT2D eigenvalue weighted by Crippen LogP contribution is -2.51. The number of ether oxygens (including phenoxy) is 2. The van der Waals surface area contributed by atoms with Gasteiger partial charge in [-0.2, -0.15) is 0 Å². The van der Waals surface area contributed by atoms with Crippen LogP contribution in [0.2, 0.25) is 0 Å². The maximum Gasteiger partial charge on any atom is 0.193 e. The van der Waals surface area contributed by atoms with Crippen LogP contribution < -0.4 is 5.32 Å². The van der Waals surface area contributed by atoms with Gasteiger partial charge in [-0.05, 0) is 18.8 Å². The molecule has 0 aromatic heterocycles. The highest BCUT2D eigenvalue weighted by Crippen LogP contribution is 2.27. The van der Waals surface area contributed by atoms with Crippen molar-refractivity contribution in [1.29, 1.82) is 0 Å². The smallest absolute Gasteiger partial charge is 0.193 e. The van der Waals surface area contributed by atoms with Crippen LogP contribution in [0.4, 0.5) is 0 Å². The summed E-state index contributed by atoms with van der Waals surface area (Å²) in [6.07, 6.45) is 2.88. The van der Waals surface area contributed by atoms with Gasteiger partial charge in [-0.1, -0.05) is 0 Å². The van der Waals surface area contributed by atoms with Gasteiger partial charge in [0.2, 0.25) is 0 Å². The molecule has 1 aliphatic heterocycles. The summed E-state index contributed by atoms with van der Waals surface area (Å²) in [6, 6.07) is 0. The van der Waals surface area contributed by atoms with E-state index in [-0.39, 0.29) is 6.10 Å². The molecule has 2 fully saturated rings. The van der Waals surface area contributed by atoms with Crippen molar-refractivity contribution in [1.82, 2.24) is 10.2 Å². The van der Waals surface area contributed by atoms with Crippen molar-refractivity contribution < 1.29 is 9.47 Å². The average Bonchev–Trinajstić information content (AvgIpc) is 3.15. The largest absolute Gasteiger partial charge is 0.382 e. The predicted molar refractivity (Wildman–Crippen MR) is 67.3 cm³/mol. The van der Waals surface area contributed by atoms with E-state index >= 15 is 0 Å². The number of guanidine groups is 1. The summed E-state index contributed by atoms with van der Waals surface area (Å²) in [5.74, 6) is 1.86. The van der Waals surface area contributed by atoms with Gasteiger partial charge in [0.25, 0.3) is 0 Å². The minimum absolute atomic E-state index is 0.160. The van der Waals surface area contributed by atoms with Crippen LogP contribution in [0.1, 0.15) is 12.8 Å². The summed E-state index contributed by atoms with van der Waals surface area (Å²) >= 11 is 0. The fourth-order valence-corrected chi connectivity index (χ4v) is 2.09. The molecule has 1 saturated carbocycles. The van der Waals surface area contributed by atoms with Crippen LogP contribution >= 0.6 is 0 Å². The lowest BCUT2D eigenvalue weighted by molar-refractivity contribution is -0.0447. The molecule has 1 saturated heterocycles. The quantitative estimate of drug-likeness (QED) is 0.569. The second-order valence-corrected chi connectivity index (χ2v) is 4.77. The molecule has 2 aliphatic rings. The molecule has 5 nitrogen and oxygen atoms in total. The second kappa shape index (κ2) is 6.21. The van der Waals surface area contributed by atoms with E-state index in [4.69, 9.17) is 9.47 Å². The van der Waals surface area contributed by atoms with Gasteiger partial charge in [-0.15, -0.1) is 0 Å². The number of methoxy groups -OCH3 is 1. The van der Waals surface area contributed by atoms with Crippen molar-refractivity contribution in [2.24, 2.45) is 10.9 Å². The minimum Gasteiger partial charge on any atom is -0.382 e. The number of aliphatic imine (C=N–C) groups is 1. The summed E-state index contributed by atoms with van der Waals surface area (Å²) in [4.78, 5) is 6.60. The summed E-state index contributed by atoms with van der Waals surface area (Å²) in [5.41, 5.74) is 0. The molecule has 0 aromatic carbocycles. The van der Waals surface area contributed by atoms with Crippen molar-refractivity contribution >= 4 is 5.96 Å². The van der Waals surface area contributed by atoms with Crippen molar-refractivity contribution in [3.63, 3.8) is 0 Å². The Morgan fingerprint density at radius 2 is 2.35 bits per heavy atom. The third kappa shape index (κ3) is 3.85. The van der Waals surface area contributed by atoms with E-state index < -0.39 is 0 Å². The molecule has 98 valence electrons. The first-order valence-electron chi connectivity index (χ1n) is 6.39. The van der Waals surface area contributed by atoms with Crippen molar-refractivity contribution in [3.8, 4) is 0 Å². The highest BCUT2D eigenvalue weighted by molar-refractivity contribution is 5.80. The average molecular weight is 241 g/mol. The first kappa shape index (κ1) is 12.6. The molecule has 0 bridgehead atoms. The number of morpholine rings is 1. The molecule has 0 amide bonds. The van der Waals surface area contributed by atoms with E-state index in [1.807, 2.05) is 7.05 Å². The zero-order valence-corrected chi connectivity index (χ0v) is 10.8. The topological polar surface area (TPSA) is 46.1 Å². The van der Waals surface area contributed by atoms with E-state index in [2.05, 4.69) is 15.2 Å². The van der Waals surface area contributed by atoms with Crippen LogP contribution in [0.25, 0.3) is 0 Å². The molecule has 17 heavy (non-hydrogen) atoms. The van der Waals surface area contributed by atoms with Crippen molar-refractivity contribution in [2.75, 3.05) is 47.0 Å². The third-order valence-corrected chi connectivity index (χ3v) is 3.25. The number of hydrogen-bond donors (Lipinski definition) is 1. The van der Waals surface area contributed by atoms with Crippen LogP contribution in [0, 0.1) is 5.92 Å². The monoisotopic (exact) mass is 241 g/mol. The fourth-order valence-electron chi connectivity index (χ4n) is 2.09. The van der Waals surface area contributed by atoms with E-state index in [0.29, 0.717) is 6.61 Å². The first-order chi connectivity index (χ1) is 8.33. The second-order valence-electron chi connectivity index (χ2n) is 4.77. The normalized spacial score (nSPS) is 26.1. The third-order valence-electron chi connectivity index (χ3n) is 3.25. The van der Waals surface area contributed by atoms with Gasteiger partial charge in [0.05, 0.1) is 19.3 Å². The van der Waals surface area contributed by atoms with Gasteiger partial charge >= 0.3 is 0 Å². The maximum atomic E-state index is 5.63. The molecule has 0 radical (unpaired) electrons. The molecule has 1 heterocycles. The van der Waals surface area contributed by atoms with Crippen LogP contribution in [-0.4, -0.2) is 64.0 Å². The van der Waals surface area contributed by atoms with Crippen molar-refractivity contribution in [3.05, 3.63) is 0 Å². The first-order valence-corrected chi connectivity index (χ1v) is 6.39. The Balaban J connectivity index is 1.80. The van der Waals surface area contributed by atoms with Crippen LogP contribution in [0.5, 0.6) is 0 Å². The van der Waals surface area contributed by atoms with Gasteiger partial charge in [-0.25, -0.2) is 0 Å². The standard InChI is InChI=1S/C12H23N3O2/c1-13-12(14-7-10-3-4-10)15-5-6-17-11(8-15)9-16-2/h10-11H,3-9H2,1-2H3,(H,13,14). The predicted octanol–water partition coefficient (Wildman–Crippen LogP) is 0.319. The molecular weight excluding hydrogens is 218 g/mol. The summed E-state index contributed by atoms with van der Waals surface area (Å²) in [6.45, 7) is 4.22. The molecule has 1 atom stereocenters. The van der Waals surface area contributed by atoms with Gasteiger partial charge in [0, 0.05) is 33.8 Å². The number of hydrogen-bond acceptors (Lipinski definition) is 3. The number of nitrogens with zero attached hydrogens (tertiary/aromatic N) is 2. The zero-order chi connectivity index (χ0) is 12.1. The van der Waals surface area contributed by atoms with E-state index in [9.17, 15) is 0 Å². The highest BCUT2D eigenvalue weighted by atomic mass is 16.5. The molecule has 5 heteroatoms.